The number of hydrogen-bond acceptors (Lipinski definition) is 4. The topological polar surface area (TPSA) is 60.5 Å². The molecule has 0 fully saturated rings. The van der Waals surface area contributed by atoms with E-state index in [0.29, 0.717) is 18.8 Å². The molecule has 0 atom stereocenters. The molecule has 76 valence electrons. The SMILES string of the molecule is COCCONC(=O)c1cccnc1. The van der Waals surface area contributed by atoms with Crippen molar-refractivity contribution in [1.82, 2.24) is 10.5 Å². The van der Waals surface area contributed by atoms with Crippen molar-refractivity contribution >= 4 is 5.91 Å². The van der Waals surface area contributed by atoms with Crippen LogP contribution in [0.3, 0.4) is 0 Å². The van der Waals surface area contributed by atoms with Crippen LogP contribution in [-0.2, 0) is 9.57 Å². The first-order valence-electron chi connectivity index (χ1n) is 4.15. The lowest BCUT2D eigenvalue weighted by Gasteiger charge is -2.04. The molecule has 0 bridgehead atoms. The lowest BCUT2D eigenvalue weighted by Crippen LogP contribution is -2.25. The monoisotopic (exact) mass is 196 g/mol. The number of ether oxygens (including phenoxy) is 1. The van der Waals surface area contributed by atoms with Gasteiger partial charge in [-0.05, 0) is 12.1 Å². The minimum Gasteiger partial charge on any atom is -0.382 e. The van der Waals surface area contributed by atoms with Gasteiger partial charge >= 0.3 is 0 Å². The molecule has 1 heterocycles. The third kappa shape index (κ3) is 3.51. The first-order valence-corrected chi connectivity index (χ1v) is 4.15. The summed E-state index contributed by atoms with van der Waals surface area (Å²) in [6.07, 6.45) is 3.07. The van der Waals surface area contributed by atoms with Gasteiger partial charge in [-0.1, -0.05) is 0 Å². The van der Waals surface area contributed by atoms with Crippen LogP contribution in [0, 0.1) is 0 Å². The van der Waals surface area contributed by atoms with E-state index < -0.39 is 0 Å². The van der Waals surface area contributed by atoms with Gasteiger partial charge in [-0.15, -0.1) is 0 Å². The Morgan fingerprint density at radius 2 is 2.43 bits per heavy atom. The molecule has 0 aliphatic heterocycles. The summed E-state index contributed by atoms with van der Waals surface area (Å²) in [7, 11) is 1.56. The van der Waals surface area contributed by atoms with Crippen molar-refractivity contribution < 1.29 is 14.4 Å². The van der Waals surface area contributed by atoms with Crippen LogP contribution in [0.25, 0.3) is 0 Å². The summed E-state index contributed by atoms with van der Waals surface area (Å²) in [6, 6.07) is 3.34. The first-order chi connectivity index (χ1) is 6.84. The van der Waals surface area contributed by atoms with E-state index in [1.807, 2.05) is 0 Å². The highest BCUT2D eigenvalue weighted by Crippen LogP contribution is 1.94. The number of aromatic nitrogens is 1. The Kier molecular flexibility index (Phi) is 4.60. The van der Waals surface area contributed by atoms with Crippen LogP contribution < -0.4 is 5.48 Å². The second-order valence-electron chi connectivity index (χ2n) is 2.51. The van der Waals surface area contributed by atoms with Crippen LogP contribution >= 0.6 is 0 Å². The second kappa shape index (κ2) is 6.06. The standard InChI is InChI=1S/C9H12N2O3/c1-13-5-6-14-11-9(12)8-3-2-4-10-7-8/h2-4,7H,5-6H2,1H3,(H,11,12). The van der Waals surface area contributed by atoms with E-state index in [1.165, 1.54) is 6.20 Å². The highest BCUT2D eigenvalue weighted by atomic mass is 16.7. The molecule has 1 amide bonds. The van der Waals surface area contributed by atoms with Crippen LogP contribution in [0.2, 0.25) is 0 Å². The summed E-state index contributed by atoms with van der Waals surface area (Å²) >= 11 is 0. The summed E-state index contributed by atoms with van der Waals surface area (Å²) < 4.78 is 4.74. The fraction of sp³-hybridized carbons (Fsp3) is 0.333. The van der Waals surface area contributed by atoms with Crippen LogP contribution in [0.5, 0.6) is 0 Å². The normalized spacial score (nSPS) is 9.79. The van der Waals surface area contributed by atoms with Crippen molar-refractivity contribution in [1.29, 1.82) is 0 Å². The Labute approximate surface area is 82.0 Å². The van der Waals surface area contributed by atoms with Crippen molar-refractivity contribution in [3.63, 3.8) is 0 Å². The highest BCUT2D eigenvalue weighted by molar-refractivity contribution is 5.92. The molecule has 0 aromatic carbocycles. The fourth-order valence-electron chi connectivity index (χ4n) is 0.798. The van der Waals surface area contributed by atoms with Gasteiger partial charge in [0.05, 0.1) is 18.8 Å². The van der Waals surface area contributed by atoms with Crippen LogP contribution in [0.4, 0.5) is 0 Å². The zero-order chi connectivity index (χ0) is 10.2. The number of carbonyl (C=O) groups is 1. The lowest BCUT2D eigenvalue weighted by molar-refractivity contribution is 0.00886. The predicted octanol–water partition coefficient (Wildman–Crippen LogP) is 0.389. The summed E-state index contributed by atoms with van der Waals surface area (Å²) in [5.74, 6) is -0.311. The van der Waals surface area contributed by atoms with Gasteiger partial charge in [0.15, 0.2) is 0 Å². The van der Waals surface area contributed by atoms with Gasteiger partial charge in [-0.2, -0.15) is 0 Å². The Balaban J connectivity index is 2.29. The molecule has 0 aliphatic carbocycles. The molecule has 1 aromatic rings. The van der Waals surface area contributed by atoms with Crippen molar-refractivity contribution in [2.24, 2.45) is 0 Å². The molecule has 0 saturated heterocycles. The van der Waals surface area contributed by atoms with Gasteiger partial charge in [0, 0.05) is 19.5 Å². The van der Waals surface area contributed by atoms with Crippen molar-refractivity contribution in [2.45, 2.75) is 0 Å². The maximum Gasteiger partial charge on any atom is 0.276 e. The lowest BCUT2D eigenvalue weighted by atomic mass is 10.3. The van der Waals surface area contributed by atoms with Crippen molar-refractivity contribution in [3.05, 3.63) is 30.1 Å². The number of pyridine rings is 1. The summed E-state index contributed by atoms with van der Waals surface area (Å²) in [6.45, 7) is 0.760. The maximum atomic E-state index is 11.3. The first kappa shape index (κ1) is 10.6. The minimum atomic E-state index is -0.311. The molecule has 1 rings (SSSR count). The maximum absolute atomic E-state index is 11.3. The van der Waals surface area contributed by atoms with Crippen LogP contribution in [-0.4, -0.2) is 31.2 Å². The van der Waals surface area contributed by atoms with Gasteiger partial charge < -0.3 is 4.74 Å². The smallest absolute Gasteiger partial charge is 0.276 e. The molecule has 1 aromatic heterocycles. The van der Waals surface area contributed by atoms with E-state index in [4.69, 9.17) is 9.57 Å². The number of hydrogen-bond donors (Lipinski definition) is 1. The Hall–Kier alpha value is -1.46. The molecule has 5 nitrogen and oxygen atoms in total. The number of methoxy groups -OCH3 is 1. The minimum absolute atomic E-state index is 0.311. The Morgan fingerprint density at radius 1 is 1.57 bits per heavy atom. The summed E-state index contributed by atoms with van der Waals surface area (Å²) in [5.41, 5.74) is 2.74. The number of carbonyl (C=O) groups excluding carboxylic acids is 1. The van der Waals surface area contributed by atoms with E-state index in [2.05, 4.69) is 10.5 Å². The average Bonchev–Trinajstić information content (AvgIpc) is 2.25. The Bertz CT molecular complexity index is 277. The van der Waals surface area contributed by atoms with Gasteiger partial charge in [-0.25, -0.2) is 5.48 Å². The number of nitrogens with one attached hydrogen (secondary N) is 1. The van der Waals surface area contributed by atoms with E-state index in [-0.39, 0.29) is 5.91 Å². The highest BCUT2D eigenvalue weighted by Gasteiger charge is 2.03. The van der Waals surface area contributed by atoms with Gasteiger partial charge in [-0.3, -0.25) is 14.6 Å². The third-order valence-electron chi connectivity index (χ3n) is 1.48. The molecule has 0 unspecified atom stereocenters. The number of hydroxylamine groups is 1. The van der Waals surface area contributed by atoms with Crippen molar-refractivity contribution in [2.75, 3.05) is 20.3 Å². The average molecular weight is 196 g/mol. The van der Waals surface area contributed by atoms with Gasteiger partial charge in [0.1, 0.15) is 0 Å². The largest absolute Gasteiger partial charge is 0.382 e. The molecular formula is C9H12N2O3. The molecule has 5 heteroatoms. The van der Waals surface area contributed by atoms with Gasteiger partial charge in [0.25, 0.3) is 5.91 Å². The number of nitrogens with zero attached hydrogens (tertiary/aromatic N) is 1. The van der Waals surface area contributed by atoms with E-state index in [0.717, 1.165) is 0 Å². The van der Waals surface area contributed by atoms with Crippen molar-refractivity contribution in [3.8, 4) is 0 Å². The number of rotatable bonds is 5. The zero-order valence-electron chi connectivity index (χ0n) is 7.90. The molecular weight excluding hydrogens is 184 g/mol. The van der Waals surface area contributed by atoms with E-state index >= 15 is 0 Å². The fourth-order valence-corrected chi connectivity index (χ4v) is 0.798. The van der Waals surface area contributed by atoms with E-state index in [1.54, 1.807) is 25.4 Å². The summed E-state index contributed by atoms with van der Waals surface area (Å²) in [5, 5.41) is 0. The van der Waals surface area contributed by atoms with Crippen LogP contribution in [0.1, 0.15) is 10.4 Å². The predicted molar refractivity (Wildman–Crippen MR) is 49.5 cm³/mol. The summed E-state index contributed by atoms with van der Waals surface area (Å²) in [4.78, 5) is 19.9. The molecule has 1 N–H and O–H groups in total. The zero-order valence-corrected chi connectivity index (χ0v) is 7.90. The molecule has 14 heavy (non-hydrogen) atoms. The van der Waals surface area contributed by atoms with E-state index in [9.17, 15) is 4.79 Å². The molecule has 0 radical (unpaired) electrons. The Morgan fingerprint density at radius 3 is 3.07 bits per heavy atom. The number of amides is 1. The van der Waals surface area contributed by atoms with Crippen LogP contribution in [0.15, 0.2) is 24.5 Å². The molecule has 0 aliphatic rings. The molecule has 0 spiro atoms. The van der Waals surface area contributed by atoms with Gasteiger partial charge in [0.2, 0.25) is 0 Å². The quantitative estimate of drug-likeness (QED) is 0.546. The second-order valence-corrected chi connectivity index (χ2v) is 2.51. The molecule has 0 saturated carbocycles. The third-order valence-corrected chi connectivity index (χ3v) is 1.48.